The standard InChI is InChI=1S/C30H45N3O6S2.C18H30BNO4S.C13H19BrN2O2S/c1-19(2)38-28(35)32-22-13-11-21(12-14-22)27-31-18-24(40-27)23-15-9-20(10-16-26(34)39-30(6,7)8)17-25(23)41(36,37)33-29(3,4)5;1-9-13-10-11-14(19-23-17(5,6)18(7,8)24-19)15(12-13)25(21,22)20-16(2,3)4;1-8(2)18-13(17)16-10-5-3-9(4-6-10)12-15-7-11(14)19-12/h9,15,17-19,21-22,33H,10-14,16H2,1-8H3,(H,32,35);10-12,20H,9H2,1-8H3;7-10H,3-6H2,1-2H3,(H,16,17). The van der Waals surface area contributed by atoms with E-state index in [4.69, 9.17) is 23.5 Å². The normalized spacial score (nSPS) is 19.9. The number of nitrogens with one attached hydrogen (secondary N) is 4. The molecule has 4 aromatic rings. The van der Waals surface area contributed by atoms with E-state index in [0.717, 1.165) is 82.6 Å². The van der Waals surface area contributed by atoms with E-state index in [1.165, 1.54) is 16.3 Å². The van der Waals surface area contributed by atoms with Gasteiger partial charge in [0.1, 0.15) is 5.60 Å². The Morgan fingerprint density at radius 1 is 0.671 bits per heavy atom. The minimum absolute atomic E-state index is 0.0657. The number of alkyl carbamates (subject to hydrolysis) is 2. The number of esters is 1. The van der Waals surface area contributed by atoms with Gasteiger partial charge in [-0.1, -0.05) is 31.2 Å². The number of halogens is 1. The lowest BCUT2D eigenvalue weighted by molar-refractivity contribution is -0.154. The Morgan fingerprint density at radius 3 is 1.55 bits per heavy atom. The van der Waals surface area contributed by atoms with Crippen LogP contribution in [0, 0.1) is 0 Å². The van der Waals surface area contributed by atoms with E-state index >= 15 is 0 Å². The predicted molar refractivity (Wildman–Crippen MR) is 343 cm³/mol. The first kappa shape index (κ1) is 71.7. The van der Waals surface area contributed by atoms with Gasteiger partial charge >= 0.3 is 25.3 Å². The molecule has 7 rings (SSSR count). The fourth-order valence-electron chi connectivity index (χ4n) is 9.75. The summed E-state index contributed by atoms with van der Waals surface area (Å²) >= 11 is 6.67. The van der Waals surface area contributed by atoms with E-state index < -0.39 is 55.0 Å². The molecule has 4 N–H and O–H groups in total. The Morgan fingerprint density at radius 2 is 1.12 bits per heavy atom. The van der Waals surface area contributed by atoms with Gasteiger partial charge in [0, 0.05) is 58.6 Å². The van der Waals surface area contributed by atoms with E-state index in [1.54, 1.807) is 62.6 Å². The number of amides is 2. The molecular weight excluding hydrogens is 1230 g/mol. The lowest BCUT2D eigenvalue weighted by Crippen LogP contribution is -2.45. The molecule has 2 aromatic carbocycles. The van der Waals surface area contributed by atoms with Crippen LogP contribution in [0.3, 0.4) is 0 Å². The first-order valence-corrected chi connectivity index (χ1v) is 35.0. The summed E-state index contributed by atoms with van der Waals surface area (Å²) in [6, 6.07) is 11.1. The number of ether oxygens (including phenoxy) is 3. The summed E-state index contributed by atoms with van der Waals surface area (Å²) < 4.78 is 87.6. The second kappa shape index (κ2) is 29.5. The molecule has 3 aliphatic rings. The molecule has 1 saturated heterocycles. The first-order valence-electron chi connectivity index (χ1n) is 29.6. The van der Waals surface area contributed by atoms with Gasteiger partial charge in [0.05, 0.1) is 58.1 Å². The smallest absolute Gasteiger partial charge is 0.460 e. The molecule has 2 aromatic heterocycles. The number of rotatable bonds is 16. The quantitative estimate of drug-likeness (QED) is 0.0464. The van der Waals surface area contributed by atoms with E-state index in [0.29, 0.717) is 23.4 Å². The van der Waals surface area contributed by atoms with Crippen LogP contribution in [-0.2, 0) is 61.2 Å². The molecule has 0 bridgehead atoms. The van der Waals surface area contributed by atoms with Gasteiger partial charge in [0.15, 0.2) is 0 Å². The van der Waals surface area contributed by atoms with Crippen LogP contribution in [0.2, 0.25) is 0 Å². The van der Waals surface area contributed by atoms with E-state index in [2.05, 4.69) is 46.0 Å². The van der Waals surface area contributed by atoms with Gasteiger partial charge in [-0.25, -0.2) is 45.8 Å². The maximum Gasteiger partial charge on any atom is 0.496 e. The summed E-state index contributed by atoms with van der Waals surface area (Å²) in [6.07, 6.45) is 11.5. The number of carbonyl (C=O) groups is 3. The fourth-order valence-corrected chi connectivity index (χ4v) is 15.7. The molecule has 474 valence electrons. The van der Waals surface area contributed by atoms with Crippen molar-refractivity contribution in [3.63, 3.8) is 0 Å². The van der Waals surface area contributed by atoms with E-state index in [1.807, 2.05) is 122 Å². The summed E-state index contributed by atoms with van der Waals surface area (Å²) in [6.45, 7) is 33.5. The van der Waals surface area contributed by atoms with Gasteiger partial charge in [-0.05, 0) is 221 Å². The number of carbonyl (C=O) groups excluding carboxylic acids is 3. The fraction of sp³-hybridized carbons (Fsp3) is 0.656. The summed E-state index contributed by atoms with van der Waals surface area (Å²) in [7, 11) is -8.29. The van der Waals surface area contributed by atoms with Crippen molar-refractivity contribution in [2.45, 2.75) is 269 Å². The maximum atomic E-state index is 13.6. The van der Waals surface area contributed by atoms with Crippen molar-refractivity contribution in [2.75, 3.05) is 0 Å². The Hall–Kier alpha value is -4.01. The van der Waals surface area contributed by atoms with Crippen LogP contribution >= 0.6 is 38.6 Å². The molecule has 24 heteroatoms. The molecule has 0 radical (unpaired) electrons. The van der Waals surface area contributed by atoms with Gasteiger partial charge in [0.2, 0.25) is 20.0 Å². The van der Waals surface area contributed by atoms with Crippen LogP contribution in [0.15, 0.2) is 62.4 Å². The summed E-state index contributed by atoms with van der Waals surface area (Å²) in [5, 5.41) is 8.05. The molecule has 1 aliphatic heterocycles. The van der Waals surface area contributed by atoms with E-state index in [9.17, 15) is 31.2 Å². The SMILES string of the molecule is CC(C)OC(=O)NC1CCC(c2ncc(-c3ccc(CCC(=O)OC(C)(C)C)cc3S(=O)(=O)NC(C)(C)C)s2)CC1.CC(C)OC(=O)NC1CCC(c2ncc(Br)s2)CC1.CCc1ccc(B2OC(C)(C)C(C)(C)O2)c(S(=O)(=O)NC(C)(C)C)c1. The zero-order valence-corrected chi connectivity index (χ0v) is 58.1. The van der Waals surface area contributed by atoms with Gasteiger partial charge < -0.3 is 34.2 Å². The summed E-state index contributed by atoms with van der Waals surface area (Å²) in [5.74, 6) is 0.455. The Labute approximate surface area is 524 Å². The lowest BCUT2D eigenvalue weighted by Gasteiger charge is -2.32. The lowest BCUT2D eigenvalue weighted by atomic mass is 9.78. The van der Waals surface area contributed by atoms with Gasteiger partial charge in [0.25, 0.3) is 0 Å². The monoisotopic (exact) mass is 1320 g/mol. The van der Waals surface area contributed by atoms with Crippen LogP contribution in [-0.4, -0.2) is 104 Å². The molecule has 2 amide bonds. The molecule has 0 atom stereocenters. The second-order valence-electron chi connectivity index (χ2n) is 26.8. The van der Waals surface area contributed by atoms with Crippen LogP contribution in [0.5, 0.6) is 0 Å². The first-order chi connectivity index (χ1) is 39.1. The highest BCUT2D eigenvalue weighted by Crippen LogP contribution is 2.41. The number of nitrogens with zero attached hydrogens (tertiary/aromatic N) is 2. The van der Waals surface area contributed by atoms with Crippen molar-refractivity contribution in [2.24, 2.45) is 0 Å². The van der Waals surface area contributed by atoms with Crippen LogP contribution < -0.4 is 25.5 Å². The molecular formula is C61H94BBrN6O12S4. The van der Waals surface area contributed by atoms with Crippen LogP contribution in [0.25, 0.3) is 10.4 Å². The van der Waals surface area contributed by atoms with Crippen molar-refractivity contribution < 1.29 is 54.7 Å². The average molecular weight is 1320 g/mol. The van der Waals surface area contributed by atoms with Gasteiger partial charge in [-0.15, -0.1) is 22.7 Å². The van der Waals surface area contributed by atoms with Gasteiger partial charge in [-0.2, -0.15) is 0 Å². The molecule has 0 unspecified atom stereocenters. The van der Waals surface area contributed by atoms with Crippen LogP contribution in [0.4, 0.5) is 9.59 Å². The van der Waals surface area contributed by atoms with Crippen molar-refractivity contribution in [1.29, 1.82) is 0 Å². The third kappa shape index (κ3) is 22.5. The minimum Gasteiger partial charge on any atom is -0.460 e. The predicted octanol–water partition coefficient (Wildman–Crippen LogP) is 13.0. The Balaban J connectivity index is 0.000000254. The third-order valence-electron chi connectivity index (χ3n) is 14.3. The number of aromatic nitrogens is 2. The molecule has 85 heavy (non-hydrogen) atoms. The highest BCUT2D eigenvalue weighted by atomic mass is 79.9. The Bertz CT molecular complexity index is 3100. The van der Waals surface area contributed by atoms with Crippen molar-refractivity contribution >= 4 is 89.4 Å². The molecule has 2 aliphatic carbocycles. The molecule has 3 fully saturated rings. The summed E-state index contributed by atoms with van der Waals surface area (Å²) in [4.78, 5) is 46.0. The number of hydrogen-bond donors (Lipinski definition) is 4. The van der Waals surface area contributed by atoms with E-state index in [-0.39, 0.29) is 64.6 Å². The van der Waals surface area contributed by atoms with Crippen molar-refractivity contribution in [3.05, 3.63) is 73.7 Å². The minimum atomic E-state index is -3.87. The number of aryl methyl sites for hydroxylation is 2. The number of hydrogen-bond acceptors (Lipinski definition) is 16. The highest BCUT2D eigenvalue weighted by Gasteiger charge is 2.53. The maximum absolute atomic E-state index is 13.6. The molecule has 2 saturated carbocycles. The zero-order chi connectivity index (χ0) is 63.7. The third-order valence-corrected chi connectivity index (χ3v) is 20.7. The number of thiazole rings is 2. The largest absolute Gasteiger partial charge is 0.496 e. The molecule has 0 spiro atoms. The van der Waals surface area contributed by atoms with Crippen molar-refractivity contribution in [3.8, 4) is 10.4 Å². The van der Waals surface area contributed by atoms with Gasteiger partial charge in [-0.3, -0.25) is 4.79 Å². The molecule has 18 nitrogen and oxygen atoms in total. The molecule has 3 heterocycles. The zero-order valence-electron chi connectivity index (χ0n) is 53.2. The second-order valence-corrected chi connectivity index (χ2v) is 33.6. The number of sulfonamides is 2. The van der Waals surface area contributed by atoms with Crippen LogP contribution in [0.1, 0.15) is 215 Å². The van der Waals surface area contributed by atoms with Crippen molar-refractivity contribution in [1.82, 2.24) is 30.0 Å². The summed E-state index contributed by atoms with van der Waals surface area (Å²) in [5.41, 5.74) is -0.0741. The Kier molecular flexibility index (Phi) is 24.9. The number of benzene rings is 2. The highest BCUT2D eigenvalue weighted by molar-refractivity contribution is 9.11. The topological polar surface area (TPSA) is 240 Å². The average Bonchev–Trinajstić information content (AvgIpc) is 1.88.